The van der Waals surface area contributed by atoms with Crippen LogP contribution in [0.25, 0.3) is 55.3 Å². The molecular formula is C56H39N. The Morgan fingerprint density at radius 1 is 0.368 bits per heavy atom. The van der Waals surface area contributed by atoms with Gasteiger partial charge in [-0.25, -0.2) is 0 Å². The van der Waals surface area contributed by atoms with Crippen molar-refractivity contribution in [2.45, 2.75) is 24.7 Å². The molecule has 1 spiro atoms. The Morgan fingerprint density at radius 3 is 1.51 bits per heavy atom. The first kappa shape index (κ1) is 32.3. The fourth-order valence-corrected chi connectivity index (χ4v) is 10.9. The standard InChI is InChI=1S/C56H39N/c1-55(2)47-24-12-11-23-46(47)53-52(34-38-18-6-7-19-41(38)54(53)55)57(39-30-28-37(29-31-39)36-16-4-3-5-17-36)40-32-33-45-44-22-10-15-27-50(44)56(51(45)35-40)48-25-13-8-20-42(48)43-21-9-14-26-49(43)56/h3-35H,1-2H3. The van der Waals surface area contributed by atoms with Crippen LogP contribution < -0.4 is 4.90 Å². The highest BCUT2D eigenvalue weighted by molar-refractivity contribution is 6.06. The van der Waals surface area contributed by atoms with E-state index in [1.807, 2.05) is 0 Å². The van der Waals surface area contributed by atoms with Crippen molar-refractivity contribution >= 4 is 27.8 Å². The molecule has 9 aromatic carbocycles. The van der Waals surface area contributed by atoms with Gasteiger partial charge in [0.2, 0.25) is 0 Å². The van der Waals surface area contributed by atoms with Gasteiger partial charge in [0.1, 0.15) is 0 Å². The largest absolute Gasteiger partial charge is 0.310 e. The van der Waals surface area contributed by atoms with Crippen LogP contribution in [0, 0.1) is 0 Å². The summed E-state index contributed by atoms with van der Waals surface area (Å²) >= 11 is 0. The van der Waals surface area contributed by atoms with Crippen molar-refractivity contribution in [3.05, 3.63) is 234 Å². The van der Waals surface area contributed by atoms with Crippen LogP contribution >= 0.6 is 0 Å². The molecule has 0 aliphatic heterocycles. The molecule has 0 aromatic heterocycles. The summed E-state index contributed by atoms with van der Waals surface area (Å²) in [5.74, 6) is 0. The summed E-state index contributed by atoms with van der Waals surface area (Å²) in [7, 11) is 0. The third-order valence-electron chi connectivity index (χ3n) is 13.2. The van der Waals surface area contributed by atoms with Gasteiger partial charge in [0, 0.05) is 22.4 Å². The predicted molar refractivity (Wildman–Crippen MR) is 238 cm³/mol. The maximum atomic E-state index is 2.54. The molecule has 1 heteroatoms. The van der Waals surface area contributed by atoms with Gasteiger partial charge in [0.15, 0.2) is 0 Å². The maximum absolute atomic E-state index is 2.54. The summed E-state index contributed by atoms with van der Waals surface area (Å²) in [6.07, 6.45) is 0. The zero-order valence-corrected chi connectivity index (χ0v) is 32.0. The summed E-state index contributed by atoms with van der Waals surface area (Å²) < 4.78 is 0. The Balaban J connectivity index is 1.17. The summed E-state index contributed by atoms with van der Waals surface area (Å²) in [4.78, 5) is 2.54. The Bertz CT molecular complexity index is 3030. The zero-order valence-electron chi connectivity index (χ0n) is 32.0. The third-order valence-corrected chi connectivity index (χ3v) is 13.2. The molecule has 1 nitrogen and oxygen atoms in total. The SMILES string of the molecule is CC1(C)c2ccccc2-c2c(N(c3ccc(-c4ccccc4)cc3)c3ccc4c(c3)C3(c5ccccc5-c5ccccc53)c3ccccc3-4)cc3ccccc3c21. The minimum atomic E-state index is -0.433. The van der Waals surface area contributed by atoms with Crippen molar-refractivity contribution < 1.29 is 0 Å². The monoisotopic (exact) mass is 725 g/mol. The van der Waals surface area contributed by atoms with Crippen LogP contribution in [0.4, 0.5) is 17.1 Å². The highest BCUT2D eigenvalue weighted by Crippen LogP contribution is 2.64. The van der Waals surface area contributed by atoms with Crippen LogP contribution in [0.2, 0.25) is 0 Å². The Labute approximate surface area is 334 Å². The van der Waals surface area contributed by atoms with E-state index in [-0.39, 0.29) is 5.41 Å². The molecule has 0 atom stereocenters. The first-order valence-electron chi connectivity index (χ1n) is 20.1. The number of hydrogen-bond acceptors (Lipinski definition) is 1. The predicted octanol–water partition coefficient (Wildman–Crippen LogP) is 14.6. The van der Waals surface area contributed by atoms with Crippen molar-refractivity contribution in [1.82, 2.24) is 0 Å². The molecule has 3 aliphatic carbocycles. The van der Waals surface area contributed by atoms with E-state index in [0.29, 0.717) is 0 Å². The van der Waals surface area contributed by atoms with Gasteiger partial charge in [-0.05, 0) is 113 Å². The molecule has 0 fully saturated rings. The second-order valence-corrected chi connectivity index (χ2v) is 16.4. The number of nitrogens with zero attached hydrogens (tertiary/aromatic N) is 1. The van der Waals surface area contributed by atoms with E-state index < -0.39 is 5.41 Å². The Morgan fingerprint density at radius 2 is 0.860 bits per heavy atom. The van der Waals surface area contributed by atoms with Crippen LogP contribution in [-0.4, -0.2) is 0 Å². The van der Waals surface area contributed by atoms with Gasteiger partial charge in [0.25, 0.3) is 0 Å². The lowest BCUT2D eigenvalue weighted by Gasteiger charge is -2.33. The number of hydrogen-bond donors (Lipinski definition) is 0. The van der Waals surface area contributed by atoms with Gasteiger partial charge in [-0.15, -0.1) is 0 Å². The van der Waals surface area contributed by atoms with Crippen molar-refractivity contribution in [1.29, 1.82) is 0 Å². The average molecular weight is 726 g/mol. The van der Waals surface area contributed by atoms with Crippen molar-refractivity contribution in [2.75, 3.05) is 4.90 Å². The maximum Gasteiger partial charge on any atom is 0.0726 e. The lowest BCUT2D eigenvalue weighted by molar-refractivity contribution is 0.666. The fourth-order valence-electron chi connectivity index (χ4n) is 10.9. The van der Waals surface area contributed by atoms with E-state index in [2.05, 4.69) is 219 Å². The summed E-state index contributed by atoms with van der Waals surface area (Å²) in [5.41, 5.74) is 21.4. The fraction of sp³-hybridized carbons (Fsp3) is 0.0714. The topological polar surface area (TPSA) is 3.24 Å². The second kappa shape index (κ2) is 11.8. The third kappa shape index (κ3) is 4.29. The molecule has 0 radical (unpaired) electrons. The summed E-state index contributed by atoms with van der Waals surface area (Å²) in [6.45, 7) is 4.80. The van der Waals surface area contributed by atoms with Crippen molar-refractivity contribution in [3.63, 3.8) is 0 Å². The number of benzene rings is 9. The van der Waals surface area contributed by atoms with E-state index in [9.17, 15) is 0 Å². The molecule has 268 valence electrons. The smallest absolute Gasteiger partial charge is 0.0726 e. The van der Waals surface area contributed by atoms with Crippen molar-refractivity contribution in [3.8, 4) is 44.5 Å². The molecule has 0 heterocycles. The van der Waals surface area contributed by atoms with Crippen LogP contribution in [0.3, 0.4) is 0 Å². The second-order valence-electron chi connectivity index (χ2n) is 16.4. The number of fused-ring (bicyclic) bond motifs is 15. The molecule has 57 heavy (non-hydrogen) atoms. The molecule has 0 bridgehead atoms. The van der Waals surface area contributed by atoms with Gasteiger partial charge < -0.3 is 4.90 Å². The summed E-state index contributed by atoms with van der Waals surface area (Å²) in [5, 5.41) is 2.57. The van der Waals surface area contributed by atoms with Gasteiger partial charge in [-0.2, -0.15) is 0 Å². The van der Waals surface area contributed by atoms with Crippen LogP contribution in [0.1, 0.15) is 47.2 Å². The van der Waals surface area contributed by atoms with E-state index in [1.165, 1.54) is 94.3 Å². The molecule has 0 saturated carbocycles. The number of anilines is 3. The van der Waals surface area contributed by atoms with E-state index in [4.69, 9.17) is 0 Å². The molecule has 3 aliphatic rings. The van der Waals surface area contributed by atoms with Gasteiger partial charge in [-0.1, -0.05) is 184 Å². The van der Waals surface area contributed by atoms with E-state index in [1.54, 1.807) is 0 Å². The van der Waals surface area contributed by atoms with Gasteiger partial charge >= 0.3 is 0 Å². The molecule has 0 saturated heterocycles. The molecular weight excluding hydrogens is 687 g/mol. The quantitative estimate of drug-likeness (QED) is 0.175. The van der Waals surface area contributed by atoms with Crippen LogP contribution in [0.15, 0.2) is 200 Å². The van der Waals surface area contributed by atoms with Crippen LogP contribution in [-0.2, 0) is 10.8 Å². The lowest BCUT2D eigenvalue weighted by Crippen LogP contribution is -2.26. The minimum Gasteiger partial charge on any atom is -0.310 e. The molecule has 0 unspecified atom stereocenters. The van der Waals surface area contributed by atoms with Gasteiger partial charge in [0.05, 0.1) is 11.1 Å². The first-order chi connectivity index (χ1) is 28.0. The molecule has 0 N–H and O–H groups in total. The number of rotatable bonds is 4. The molecule has 9 aromatic rings. The molecule has 0 amide bonds. The van der Waals surface area contributed by atoms with Crippen LogP contribution in [0.5, 0.6) is 0 Å². The summed E-state index contributed by atoms with van der Waals surface area (Å²) in [6, 6.07) is 74.9. The Kier molecular flexibility index (Phi) is 6.67. The van der Waals surface area contributed by atoms with E-state index in [0.717, 1.165) is 11.4 Å². The zero-order chi connectivity index (χ0) is 37.9. The van der Waals surface area contributed by atoms with Crippen molar-refractivity contribution in [2.24, 2.45) is 0 Å². The molecule has 12 rings (SSSR count). The minimum absolute atomic E-state index is 0.175. The lowest BCUT2D eigenvalue weighted by atomic mass is 9.70. The Hall–Kier alpha value is -6.96. The van der Waals surface area contributed by atoms with E-state index >= 15 is 0 Å². The highest BCUT2D eigenvalue weighted by atomic mass is 15.1. The average Bonchev–Trinajstić information content (AvgIpc) is 3.83. The highest BCUT2D eigenvalue weighted by Gasteiger charge is 2.51. The van der Waals surface area contributed by atoms with Gasteiger partial charge in [-0.3, -0.25) is 0 Å². The normalized spacial score (nSPS) is 14.4. The first-order valence-corrected chi connectivity index (χ1v) is 20.1.